The fourth-order valence-corrected chi connectivity index (χ4v) is 2.14. The van der Waals surface area contributed by atoms with Gasteiger partial charge in [-0.05, 0) is 24.1 Å². The van der Waals surface area contributed by atoms with E-state index in [1.165, 1.54) is 0 Å². The zero-order valence-electron chi connectivity index (χ0n) is 13.2. The second kappa shape index (κ2) is 6.95. The van der Waals surface area contributed by atoms with E-state index in [1.807, 2.05) is 13.8 Å². The van der Waals surface area contributed by atoms with Crippen LogP contribution < -0.4 is 10.1 Å². The predicted octanol–water partition coefficient (Wildman–Crippen LogP) is 2.26. The van der Waals surface area contributed by atoms with E-state index in [0.717, 1.165) is 5.69 Å². The Hall–Kier alpha value is -2.83. The number of amides is 1. The minimum absolute atomic E-state index is 0.266. The summed E-state index contributed by atoms with van der Waals surface area (Å²) >= 11 is 0. The first-order valence-corrected chi connectivity index (χ1v) is 7.16. The molecule has 2 N–H and O–H groups in total. The number of anilines is 1. The molecule has 0 bridgehead atoms. The maximum Gasteiger partial charge on any atom is 0.341 e. The Balaban J connectivity index is 2.09. The van der Waals surface area contributed by atoms with E-state index in [9.17, 15) is 9.59 Å². The third-order valence-electron chi connectivity index (χ3n) is 3.19. The van der Waals surface area contributed by atoms with Crippen LogP contribution in [0, 0.1) is 0 Å². The summed E-state index contributed by atoms with van der Waals surface area (Å²) < 4.78 is 6.77. The van der Waals surface area contributed by atoms with Crippen LogP contribution in [0.5, 0.6) is 5.75 Å². The molecule has 0 unspecified atom stereocenters. The number of ether oxygens (including phenoxy) is 1. The summed E-state index contributed by atoms with van der Waals surface area (Å²) in [6.07, 6.45) is 0. The van der Waals surface area contributed by atoms with Gasteiger partial charge in [-0.25, -0.2) is 4.79 Å². The van der Waals surface area contributed by atoms with Crippen molar-refractivity contribution in [2.24, 2.45) is 7.05 Å². The van der Waals surface area contributed by atoms with Crippen molar-refractivity contribution >= 4 is 17.6 Å². The minimum atomic E-state index is -1.06. The van der Waals surface area contributed by atoms with Gasteiger partial charge in [0, 0.05) is 24.5 Å². The monoisotopic (exact) mass is 317 g/mol. The molecule has 1 heterocycles. The van der Waals surface area contributed by atoms with Gasteiger partial charge in [0.05, 0.1) is 0 Å². The van der Waals surface area contributed by atoms with E-state index in [-0.39, 0.29) is 11.8 Å². The summed E-state index contributed by atoms with van der Waals surface area (Å²) in [5.74, 6) is -0.757. The summed E-state index contributed by atoms with van der Waals surface area (Å²) in [6, 6.07) is 8.30. The largest absolute Gasteiger partial charge is 0.482 e. The number of rotatable bonds is 6. The van der Waals surface area contributed by atoms with Gasteiger partial charge in [0.15, 0.2) is 12.3 Å². The second-order valence-electron chi connectivity index (χ2n) is 5.40. The average molecular weight is 317 g/mol. The van der Waals surface area contributed by atoms with Gasteiger partial charge in [-0.1, -0.05) is 19.9 Å². The number of carboxylic acids is 1. The molecule has 0 aliphatic rings. The SMILES string of the molecule is CC(C)c1cc(C(=O)Nc2cccc(OCC(=O)O)c2)nn1C. The van der Waals surface area contributed by atoms with Gasteiger partial charge in [0.2, 0.25) is 0 Å². The maximum absolute atomic E-state index is 12.3. The van der Waals surface area contributed by atoms with Gasteiger partial charge >= 0.3 is 5.97 Å². The van der Waals surface area contributed by atoms with Gasteiger partial charge in [-0.15, -0.1) is 0 Å². The molecule has 0 saturated heterocycles. The number of aliphatic carboxylic acids is 1. The number of aromatic nitrogens is 2. The summed E-state index contributed by atoms with van der Waals surface area (Å²) in [5.41, 5.74) is 1.80. The fraction of sp³-hybridized carbons (Fsp3) is 0.312. The number of hydrogen-bond acceptors (Lipinski definition) is 4. The summed E-state index contributed by atoms with van der Waals surface area (Å²) in [4.78, 5) is 22.8. The van der Waals surface area contributed by atoms with Gasteiger partial charge < -0.3 is 15.2 Å². The van der Waals surface area contributed by atoms with Crippen LogP contribution in [0.25, 0.3) is 0 Å². The first kappa shape index (κ1) is 16.5. The lowest BCUT2D eigenvalue weighted by Crippen LogP contribution is -2.13. The van der Waals surface area contributed by atoms with E-state index < -0.39 is 12.6 Å². The molecule has 7 nitrogen and oxygen atoms in total. The van der Waals surface area contributed by atoms with Gasteiger partial charge in [0.25, 0.3) is 5.91 Å². The highest BCUT2D eigenvalue weighted by atomic mass is 16.5. The molecule has 0 aliphatic heterocycles. The molecule has 1 aromatic carbocycles. The van der Waals surface area contributed by atoms with Gasteiger partial charge in [0.1, 0.15) is 5.75 Å². The lowest BCUT2D eigenvalue weighted by Gasteiger charge is -2.07. The van der Waals surface area contributed by atoms with Crippen LogP contribution in [0.4, 0.5) is 5.69 Å². The van der Waals surface area contributed by atoms with Crippen LogP contribution >= 0.6 is 0 Å². The first-order chi connectivity index (χ1) is 10.9. The molecule has 122 valence electrons. The summed E-state index contributed by atoms with van der Waals surface area (Å²) in [7, 11) is 1.80. The van der Waals surface area contributed by atoms with Crippen molar-refractivity contribution in [3.8, 4) is 5.75 Å². The highest BCUT2D eigenvalue weighted by Crippen LogP contribution is 2.19. The Labute approximate surface area is 133 Å². The van der Waals surface area contributed by atoms with E-state index in [1.54, 1.807) is 42.1 Å². The zero-order chi connectivity index (χ0) is 17.0. The molecule has 2 aromatic rings. The van der Waals surface area contributed by atoms with Crippen molar-refractivity contribution in [2.75, 3.05) is 11.9 Å². The van der Waals surface area contributed by atoms with E-state index in [2.05, 4.69) is 10.4 Å². The molecular weight excluding hydrogens is 298 g/mol. The molecule has 23 heavy (non-hydrogen) atoms. The average Bonchev–Trinajstić information content (AvgIpc) is 2.88. The number of nitrogens with zero attached hydrogens (tertiary/aromatic N) is 2. The lowest BCUT2D eigenvalue weighted by molar-refractivity contribution is -0.139. The summed E-state index contributed by atoms with van der Waals surface area (Å²) in [5, 5.41) is 15.5. The Morgan fingerprint density at radius 3 is 2.70 bits per heavy atom. The predicted molar refractivity (Wildman–Crippen MR) is 84.8 cm³/mol. The summed E-state index contributed by atoms with van der Waals surface area (Å²) in [6.45, 7) is 3.62. The van der Waals surface area contributed by atoms with Crippen LogP contribution in [-0.4, -0.2) is 33.4 Å². The van der Waals surface area contributed by atoms with Crippen molar-refractivity contribution < 1.29 is 19.4 Å². The normalized spacial score (nSPS) is 10.6. The number of carboxylic acid groups (broad SMARTS) is 1. The van der Waals surface area contributed by atoms with E-state index in [4.69, 9.17) is 9.84 Å². The molecule has 2 rings (SSSR count). The van der Waals surface area contributed by atoms with Gasteiger partial charge in [-0.3, -0.25) is 9.48 Å². The zero-order valence-corrected chi connectivity index (χ0v) is 13.2. The van der Waals surface area contributed by atoms with Crippen molar-refractivity contribution in [1.29, 1.82) is 0 Å². The highest BCUT2D eigenvalue weighted by molar-refractivity contribution is 6.03. The van der Waals surface area contributed by atoms with Crippen LogP contribution in [0.3, 0.4) is 0 Å². The molecule has 0 radical (unpaired) electrons. The third kappa shape index (κ3) is 4.32. The Morgan fingerprint density at radius 1 is 1.35 bits per heavy atom. The quantitative estimate of drug-likeness (QED) is 0.852. The van der Waals surface area contributed by atoms with Crippen molar-refractivity contribution in [1.82, 2.24) is 9.78 Å². The van der Waals surface area contributed by atoms with E-state index >= 15 is 0 Å². The maximum atomic E-state index is 12.3. The lowest BCUT2D eigenvalue weighted by atomic mass is 10.1. The third-order valence-corrected chi connectivity index (χ3v) is 3.19. The molecule has 0 fully saturated rings. The Morgan fingerprint density at radius 2 is 2.09 bits per heavy atom. The highest BCUT2D eigenvalue weighted by Gasteiger charge is 2.15. The second-order valence-corrected chi connectivity index (χ2v) is 5.40. The smallest absolute Gasteiger partial charge is 0.341 e. The van der Waals surface area contributed by atoms with Crippen molar-refractivity contribution in [2.45, 2.75) is 19.8 Å². The molecule has 1 amide bonds. The molecule has 0 atom stereocenters. The van der Waals surface area contributed by atoms with Crippen molar-refractivity contribution in [3.05, 3.63) is 41.7 Å². The molecule has 7 heteroatoms. The number of carbonyl (C=O) groups is 2. The van der Waals surface area contributed by atoms with Crippen LogP contribution in [-0.2, 0) is 11.8 Å². The molecule has 0 spiro atoms. The standard InChI is InChI=1S/C16H19N3O4/c1-10(2)14-8-13(18-19(14)3)16(22)17-11-5-4-6-12(7-11)23-9-15(20)21/h4-8,10H,9H2,1-3H3,(H,17,22)(H,20,21). The van der Waals surface area contributed by atoms with Crippen LogP contribution in [0.1, 0.15) is 35.9 Å². The molecule has 0 saturated carbocycles. The Kier molecular flexibility index (Phi) is 5.00. The number of benzene rings is 1. The van der Waals surface area contributed by atoms with Gasteiger partial charge in [-0.2, -0.15) is 5.10 Å². The molecule has 1 aromatic heterocycles. The minimum Gasteiger partial charge on any atom is -0.482 e. The first-order valence-electron chi connectivity index (χ1n) is 7.16. The van der Waals surface area contributed by atoms with Crippen molar-refractivity contribution in [3.63, 3.8) is 0 Å². The Bertz CT molecular complexity index is 722. The number of nitrogens with one attached hydrogen (secondary N) is 1. The van der Waals surface area contributed by atoms with Crippen LogP contribution in [0.2, 0.25) is 0 Å². The number of aryl methyl sites for hydroxylation is 1. The fourth-order valence-electron chi connectivity index (χ4n) is 2.14. The number of hydrogen-bond donors (Lipinski definition) is 2. The molecule has 0 aliphatic carbocycles. The number of carbonyl (C=O) groups excluding carboxylic acids is 1. The van der Waals surface area contributed by atoms with Crippen LogP contribution in [0.15, 0.2) is 30.3 Å². The van der Waals surface area contributed by atoms with E-state index in [0.29, 0.717) is 17.1 Å². The molecular formula is C16H19N3O4. The topological polar surface area (TPSA) is 93.4 Å².